The summed E-state index contributed by atoms with van der Waals surface area (Å²) < 4.78 is 35.1. The standard InChI is InChI=1S/C25H41N3O4S/c1-8-27(17(2)3)23-14-18(4)11-12-24(23)33(30,31)28-13-9-10-22(28)25(29)26(7)21-15-19(5)32-20(6)16-21/h11-12,14,17,19-22H,8-10,13,15-16H2,1-7H3/t19?,20?,21?,22-/m0/s1. The quantitative estimate of drug-likeness (QED) is 0.595. The van der Waals surface area contributed by atoms with Crippen LogP contribution in [0.15, 0.2) is 23.1 Å². The molecule has 0 spiro atoms. The van der Waals surface area contributed by atoms with E-state index in [9.17, 15) is 13.2 Å². The summed E-state index contributed by atoms with van der Waals surface area (Å²) in [4.78, 5) is 17.7. The maximum Gasteiger partial charge on any atom is 0.245 e. The summed E-state index contributed by atoms with van der Waals surface area (Å²) in [6.07, 6.45) is 2.96. The number of aryl methyl sites for hydroxylation is 1. The molecular weight excluding hydrogens is 438 g/mol. The first-order valence-electron chi connectivity index (χ1n) is 12.3. The number of sulfonamides is 1. The first kappa shape index (κ1) is 26.0. The van der Waals surface area contributed by atoms with Crippen molar-refractivity contribution in [3.05, 3.63) is 23.8 Å². The van der Waals surface area contributed by atoms with E-state index in [0.29, 0.717) is 36.5 Å². The molecule has 7 nitrogen and oxygen atoms in total. The number of hydrogen-bond donors (Lipinski definition) is 0. The van der Waals surface area contributed by atoms with E-state index in [1.54, 1.807) is 11.0 Å². The molecule has 2 aliphatic rings. The van der Waals surface area contributed by atoms with Crippen molar-refractivity contribution in [3.8, 4) is 0 Å². The number of benzene rings is 1. The molecular formula is C25H41N3O4S. The fraction of sp³-hybridized carbons (Fsp3) is 0.720. The minimum atomic E-state index is -3.84. The molecule has 1 aromatic rings. The highest BCUT2D eigenvalue weighted by Gasteiger charge is 2.43. The average Bonchev–Trinajstić information content (AvgIpc) is 3.23. The van der Waals surface area contributed by atoms with Gasteiger partial charge in [-0.3, -0.25) is 4.79 Å². The third-order valence-electron chi connectivity index (χ3n) is 7.03. The Hall–Kier alpha value is -1.64. The van der Waals surface area contributed by atoms with Crippen LogP contribution in [-0.4, -0.2) is 74.0 Å². The Balaban J connectivity index is 1.92. The van der Waals surface area contributed by atoms with Crippen LogP contribution in [-0.2, 0) is 19.6 Å². The van der Waals surface area contributed by atoms with E-state index in [1.807, 2.05) is 46.9 Å². The van der Waals surface area contributed by atoms with Crippen molar-refractivity contribution in [1.29, 1.82) is 0 Å². The summed E-state index contributed by atoms with van der Waals surface area (Å²) in [6.45, 7) is 13.3. The molecule has 186 valence electrons. The molecule has 1 aromatic carbocycles. The minimum absolute atomic E-state index is 0.0628. The Labute approximate surface area is 200 Å². The van der Waals surface area contributed by atoms with Crippen LogP contribution >= 0.6 is 0 Å². The number of hydrogen-bond acceptors (Lipinski definition) is 5. The van der Waals surface area contributed by atoms with Crippen LogP contribution in [0, 0.1) is 6.92 Å². The molecule has 0 N–H and O–H groups in total. The van der Waals surface area contributed by atoms with Gasteiger partial charge in [-0.05, 0) is 84.9 Å². The first-order chi connectivity index (χ1) is 15.5. The van der Waals surface area contributed by atoms with E-state index in [4.69, 9.17) is 4.74 Å². The topological polar surface area (TPSA) is 70.2 Å². The van der Waals surface area contributed by atoms with E-state index >= 15 is 0 Å². The molecule has 8 heteroatoms. The normalized spacial score (nSPS) is 26.5. The zero-order chi connectivity index (χ0) is 24.5. The van der Waals surface area contributed by atoms with Gasteiger partial charge in [-0.2, -0.15) is 4.31 Å². The molecule has 0 radical (unpaired) electrons. The maximum atomic E-state index is 13.9. The highest BCUT2D eigenvalue weighted by atomic mass is 32.2. The molecule has 2 saturated heterocycles. The lowest BCUT2D eigenvalue weighted by Crippen LogP contribution is -2.52. The van der Waals surface area contributed by atoms with Gasteiger partial charge in [-0.15, -0.1) is 0 Å². The molecule has 3 atom stereocenters. The van der Waals surface area contributed by atoms with Crippen LogP contribution in [0.25, 0.3) is 0 Å². The van der Waals surface area contributed by atoms with Gasteiger partial charge in [0.25, 0.3) is 0 Å². The van der Waals surface area contributed by atoms with Crippen LogP contribution in [0.4, 0.5) is 5.69 Å². The third-order valence-corrected chi connectivity index (χ3v) is 8.99. The molecule has 2 aliphatic heterocycles. The van der Waals surface area contributed by atoms with E-state index in [0.717, 1.165) is 18.4 Å². The summed E-state index contributed by atoms with van der Waals surface area (Å²) in [5.74, 6) is -0.104. The number of carbonyl (C=O) groups excluding carboxylic acids is 1. The SMILES string of the molecule is CCN(c1cc(C)ccc1S(=O)(=O)N1CCC[C@H]1C(=O)N(C)C1CC(C)OC(C)C1)C(C)C. The van der Waals surface area contributed by atoms with Crippen molar-refractivity contribution in [1.82, 2.24) is 9.21 Å². The number of carbonyl (C=O) groups is 1. The Kier molecular flexibility index (Phi) is 8.12. The second-order valence-electron chi connectivity index (χ2n) is 9.96. The van der Waals surface area contributed by atoms with Crippen LogP contribution in [0.2, 0.25) is 0 Å². The van der Waals surface area contributed by atoms with Gasteiger partial charge in [0.15, 0.2) is 0 Å². The van der Waals surface area contributed by atoms with E-state index < -0.39 is 16.1 Å². The maximum absolute atomic E-state index is 13.9. The van der Waals surface area contributed by atoms with Gasteiger partial charge >= 0.3 is 0 Å². The number of nitrogens with zero attached hydrogens (tertiary/aromatic N) is 3. The van der Waals surface area contributed by atoms with Gasteiger partial charge in [0, 0.05) is 32.2 Å². The first-order valence-corrected chi connectivity index (χ1v) is 13.7. The largest absolute Gasteiger partial charge is 0.375 e. The van der Waals surface area contributed by atoms with Crippen LogP contribution in [0.1, 0.15) is 65.9 Å². The van der Waals surface area contributed by atoms with Crippen LogP contribution in [0.3, 0.4) is 0 Å². The van der Waals surface area contributed by atoms with Crippen molar-refractivity contribution in [2.75, 3.05) is 25.0 Å². The third kappa shape index (κ3) is 5.38. The molecule has 0 saturated carbocycles. The lowest BCUT2D eigenvalue weighted by atomic mass is 9.98. The van der Waals surface area contributed by atoms with E-state index in [2.05, 4.69) is 18.7 Å². The summed E-state index contributed by atoms with van der Waals surface area (Å²) in [5.41, 5.74) is 1.73. The molecule has 1 amide bonds. The molecule has 2 heterocycles. The number of likely N-dealkylation sites (N-methyl/N-ethyl adjacent to an activating group) is 1. The molecule has 2 fully saturated rings. The second-order valence-corrected chi connectivity index (χ2v) is 11.8. The van der Waals surface area contributed by atoms with Gasteiger partial charge in [0.2, 0.25) is 15.9 Å². The van der Waals surface area contributed by atoms with Crippen LogP contribution < -0.4 is 4.90 Å². The number of anilines is 1. The summed E-state index contributed by atoms with van der Waals surface area (Å²) in [6, 6.07) is 5.06. The molecule has 0 bridgehead atoms. The molecule has 33 heavy (non-hydrogen) atoms. The van der Waals surface area contributed by atoms with Gasteiger partial charge in [-0.25, -0.2) is 8.42 Å². The van der Waals surface area contributed by atoms with Gasteiger partial charge < -0.3 is 14.5 Å². The predicted octanol–water partition coefficient (Wildman–Crippen LogP) is 3.80. The van der Waals surface area contributed by atoms with Crippen molar-refractivity contribution in [2.24, 2.45) is 0 Å². The Morgan fingerprint density at radius 1 is 1.21 bits per heavy atom. The van der Waals surface area contributed by atoms with Gasteiger partial charge in [0.1, 0.15) is 10.9 Å². The highest BCUT2D eigenvalue weighted by molar-refractivity contribution is 7.89. The Morgan fingerprint density at radius 3 is 2.42 bits per heavy atom. The van der Waals surface area contributed by atoms with Gasteiger partial charge in [-0.1, -0.05) is 6.07 Å². The fourth-order valence-electron chi connectivity index (χ4n) is 5.39. The van der Waals surface area contributed by atoms with Crippen LogP contribution in [0.5, 0.6) is 0 Å². The lowest BCUT2D eigenvalue weighted by Gasteiger charge is -2.39. The molecule has 2 unspecified atom stereocenters. The van der Waals surface area contributed by atoms with Crippen molar-refractivity contribution in [2.45, 2.75) is 102 Å². The minimum Gasteiger partial charge on any atom is -0.375 e. The average molecular weight is 480 g/mol. The molecule has 0 aromatic heterocycles. The van der Waals surface area contributed by atoms with E-state index in [-0.39, 0.29) is 30.2 Å². The molecule has 0 aliphatic carbocycles. The number of ether oxygens (including phenoxy) is 1. The summed E-state index contributed by atoms with van der Waals surface area (Å²) in [5, 5.41) is 0. The van der Waals surface area contributed by atoms with Crippen molar-refractivity contribution >= 4 is 21.6 Å². The fourth-order valence-corrected chi connectivity index (χ4v) is 7.22. The highest BCUT2D eigenvalue weighted by Crippen LogP contribution is 2.35. The van der Waals surface area contributed by atoms with Gasteiger partial charge in [0.05, 0.1) is 17.9 Å². The van der Waals surface area contributed by atoms with E-state index in [1.165, 1.54) is 4.31 Å². The molecule has 3 rings (SSSR count). The monoisotopic (exact) mass is 479 g/mol. The summed E-state index contributed by atoms with van der Waals surface area (Å²) >= 11 is 0. The number of rotatable bonds is 7. The zero-order valence-electron chi connectivity index (χ0n) is 21.2. The van der Waals surface area contributed by atoms with Crippen molar-refractivity contribution < 1.29 is 17.9 Å². The zero-order valence-corrected chi connectivity index (χ0v) is 22.1. The van der Waals surface area contributed by atoms with Crippen molar-refractivity contribution in [3.63, 3.8) is 0 Å². The Bertz CT molecular complexity index is 939. The smallest absolute Gasteiger partial charge is 0.245 e. The summed E-state index contributed by atoms with van der Waals surface area (Å²) in [7, 11) is -2.02. The lowest BCUT2D eigenvalue weighted by molar-refractivity contribution is -0.140. The number of amides is 1. The predicted molar refractivity (Wildman–Crippen MR) is 132 cm³/mol. The Morgan fingerprint density at radius 2 is 1.85 bits per heavy atom. The second kappa shape index (κ2) is 10.3.